The van der Waals surface area contributed by atoms with Gasteiger partial charge in [0.05, 0.1) is 45.3 Å². The molecule has 0 saturated carbocycles. The summed E-state index contributed by atoms with van der Waals surface area (Å²) in [5.74, 6) is -20.5. The zero-order valence-corrected chi connectivity index (χ0v) is 63.4. The van der Waals surface area contributed by atoms with Crippen molar-refractivity contribution in [3.8, 4) is 0 Å². The largest absolute Gasteiger partial charge is 0.481 e. The van der Waals surface area contributed by atoms with Gasteiger partial charge in [-0.2, -0.15) is 0 Å². The Morgan fingerprint density at radius 1 is 0.518 bits per heavy atom. The minimum absolute atomic E-state index is 0.00703. The second-order valence-corrected chi connectivity index (χ2v) is 27.9. The van der Waals surface area contributed by atoms with E-state index >= 15 is 0 Å². The van der Waals surface area contributed by atoms with Crippen LogP contribution in [-0.2, 0) is 83.1 Å². The lowest BCUT2D eigenvalue weighted by Gasteiger charge is -2.29. The van der Waals surface area contributed by atoms with Gasteiger partial charge in [0.1, 0.15) is 66.5 Å². The zero-order valence-electron chi connectivity index (χ0n) is 61.8. The van der Waals surface area contributed by atoms with Crippen LogP contribution in [0.15, 0.2) is 45.3 Å². The Kier molecular flexibility index (Phi) is 43.9. The lowest BCUT2D eigenvalue weighted by Crippen LogP contribution is -2.61. The minimum atomic E-state index is -1.95. The SMILES string of the molecule is CC[C@H](C)C1NC(=O)[C@H](CCCN=C(N)N)NC(=O)CNC(=O)CNC(=O)[C@H](Cc2ccccc2)NC(=O)C(NC(=O)[C@H](CO)NC(=O)[C@H](CO)NC(=O)[C@@H](N)CCCN=C(N)N)CSSC[C@@H](C(N)=O)NC(=O)[C@H](C)NC(=O)CNC(=O)[C@H]([C@@H](C)CC)NC(=O)C(CCCN=C(N)N)NC(=O)[C@H](CC(=O)O)NC1=O. The highest BCUT2D eigenvalue weighted by molar-refractivity contribution is 8.76. The van der Waals surface area contributed by atoms with Crippen molar-refractivity contribution >= 4 is 134 Å². The molecule has 0 aromatic heterocycles. The first kappa shape index (κ1) is 95.2. The molecule has 0 radical (unpaired) electrons. The van der Waals surface area contributed by atoms with Gasteiger partial charge in [0.2, 0.25) is 88.6 Å². The molecule has 14 atom stereocenters. The Hall–Kier alpha value is -10.9. The highest BCUT2D eigenvalue weighted by Crippen LogP contribution is 2.24. The molecule has 1 aromatic rings. The number of guanidine groups is 3. The fourth-order valence-electron chi connectivity index (χ4n) is 9.89. The summed E-state index contributed by atoms with van der Waals surface area (Å²) in [6, 6.07) is -11.2. The van der Waals surface area contributed by atoms with Gasteiger partial charge in [0, 0.05) is 37.6 Å². The monoisotopic (exact) mass is 1590 g/mol. The molecule has 3 unspecified atom stereocenters. The number of carbonyl (C=O) groups is 16. The lowest BCUT2D eigenvalue weighted by molar-refractivity contribution is -0.142. The second-order valence-electron chi connectivity index (χ2n) is 25.4. The minimum Gasteiger partial charge on any atom is -0.481 e. The molecule has 1 heterocycles. The number of benzene rings is 1. The number of rotatable bonds is 29. The Bertz CT molecular complexity index is 3400. The Morgan fingerprint density at radius 3 is 1.52 bits per heavy atom. The number of aliphatic hydroxyl groups excluding tert-OH is 2. The van der Waals surface area contributed by atoms with Gasteiger partial charge in [0.15, 0.2) is 17.9 Å². The predicted molar refractivity (Wildman–Crippen MR) is 403 cm³/mol. The summed E-state index contributed by atoms with van der Waals surface area (Å²) in [5.41, 5.74) is 44.8. The lowest BCUT2D eigenvalue weighted by atomic mass is 9.96. The summed E-state index contributed by atoms with van der Waals surface area (Å²) in [7, 11) is 1.60. The number of hydrogen-bond acceptors (Lipinski definition) is 24. The number of aliphatic imine (C=N–C) groups is 3. The van der Waals surface area contributed by atoms with Crippen LogP contribution in [0.3, 0.4) is 0 Å². The third-order valence-corrected chi connectivity index (χ3v) is 19.0. The molecule has 1 saturated heterocycles. The smallest absolute Gasteiger partial charge is 0.305 e. The molecule has 15 amide bonds. The third-order valence-electron chi connectivity index (χ3n) is 16.5. The van der Waals surface area contributed by atoms with Gasteiger partial charge in [-0.15, -0.1) is 0 Å². The molecule has 46 heteroatoms. The topological polar surface area (TPSA) is 747 Å². The average Bonchev–Trinajstić information content (AvgIpc) is 0.852. The number of aliphatic carboxylic acids is 1. The van der Waals surface area contributed by atoms with Crippen molar-refractivity contribution in [2.75, 3.05) is 64.0 Å². The number of aliphatic hydroxyl groups is 2. The maximum absolute atomic E-state index is 14.6. The van der Waals surface area contributed by atoms with Gasteiger partial charge in [-0.25, -0.2) is 0 Å². The van der Waals surface area contributed by atoms with E-state index in [9.17, 15) is 92.0 Å². The summed E-state index contributed by atoms with van der Waals surface area (Å²) in [6.07, 6.45) is -1.14. The summed E-state index contributed by atoms with van der Waals surface area (Å²) in [5, 5.41) is 64.0. The first-order chi connectivity index (χ1) is 51.9. The van der Waals surface area contributed by atoms with Crippen molar-refractivity contribution in [3.63, 3.8) is 0 Å². The molecule has 0 spiro atoms. The number of amides is 15. The number of nitrogens with two attached hydrogens (primary N) is 8. The maximum atomic E-state index is 14.6. The highest BCUT2D eigenvalue weighted by Gasteiger charge is 2.38. The first-order valence-corrected chi connectivity index (χ1v) is 37.5. The molecule has 0 bridgehead atoms. The molecule has 0 aliphatic carbocycles. The van der Waals surface area contributed by atoms with Gasteiger partial charge < -0.3 is 136 Å². The van der Waals surface area contributed by atoms with E-state index in [1.807, 2.05) is 0 Å². The second kappa shape index (κ2) is 50.7. The van der Waals surface area contributed by atoms with E-state index in [0.717, 1.165) is 21.6 Å². The quantitative estimate of drug-likeness (QED) is 0.0153. The van der Waals surface area contributed by atoms with Crippen LogP contribution in [0.1, 0.15) is 98.0 Å². The molecule has 1 aromatic carbocycles. The number of nitrogens with zero attached hydrogens (tertiary/aromatic N) is 3. The number of primary amides is 1. The molecule has 2 rings (SSSR count). The summed E-state index contributed by atoms with van der Waals surface area (Å²) >= 11 is 0. The van der Waals surface area contributed by atoms with Crippen molar-refractivity contribution in [2.45, 2.75) is 171 Å². The summed E-state index contributed by atoms with van der Waals surface area (Å²) < 4.78 is 0. The maximum Gasteiger partial charge on any atom is 0.305 e. The Morgan fingerprint density at radius 2 is 0.982 bits per heavy atom. The molecule has 110 heavy (non-hydrogen) atoms. The van der Waals surface area contributed by atoms with Crippen molar-refractivity contribution in [3.05, 3.63) is 35.9 Å². The van der Waals surface area contributed by atoms with Crippen molar-refractivity contribution in [1.29, 1.82) is 0 Å². The van der Waals surface area contributed by atoms with Gasteiger partial charge >= 0.3 is 5.97 Å². The van der Waals surface area contributed by atoms with E-state index in [1.165, 1.54) is 13.8 Å². The summed E-state index contributed by atoms with van der Waals surface area (Å²) in [6.45, 7) is 2.88. The van der Waals surface area contributed by atoms with Crippen LogP contribution in [0.2, 0.25) is 0 Å². The number of hydrogen-bond donors (Lipinski definition) is 25. The van der Waals surface area contributed by atoms with Crippen LogP contribution in [0.25, 0.3) is 0 Å². The van der Waals surface area contributed by atoms with Crippen LogP contribution < -0.4 is 120 Å². The molecule has 614 valence electrons. The normalized spacial score (nSPS) is 22.6. The fraction of sp³-hybridized carbons (Fsp3) is 0.609. The van der Waals surface area contributed by atoms with Crippen molar-refractivity contribution < 1.29 is 92.0 Å². The first-order valence-electron chi connectivity index (χ1n) is 35.0. The Balaban J connectivity index is 2.78. The molecular formula is C64H107N25O19S2. The number of carboxylic acids is 1. The summed E-state index contributed by atoms with van der Waals surface area (Å²) in [4.78, 5) is 231. The van der Waals surface area contributed by atoms with E-state index in [1.54, 1.807) is 51.1 Å². The predicted octanol–water partition coefficient (Wildman–Crippen LogP) is -11.1. The van der Waals surface area contributed by atoms with E-state index in [0.29, 0.717) is 5.56 Å². The standard InChI is InChI=1S/C64H107N25O19S2/c1-6-31(3)48-60(107)78-26-45(93)79-33(5)51(98)86-42(50(66)97)29-109-110-30-43(87-58(105)41(28-91)85-57(104)40(27-90)84-52(99)35(65)16-11-19-73-62(67)68)59(106)82-38(22-34-14-9-8-10-15-34)53(100)77-24-44(92)76-25-46(94)80-36(17-12-20-74-63(69)70)54(101)89-49(32(4)7-2)61(108)83-39(23-47(95)96)56(103)81-37(55(102)88-48)18-13-21-75-64(71)72/h8-10,14-15,31-33,35-43,48-49,90-91H,6-7,11-13,16-30,65H2,1-5H3,(H2,66,97)(H,76,92)(H,77,100)(H,78,107)(H,79,93)(H,80,94)(H,81,103)(H,82,106)(H,83,108)(H,84,99)(H,85,104)(H,86,98)(H,87,105)(H,88,102)(H,89,101)(H,95,96)(H4,67,68,73)(H4,69,70,74)(H4,71,72,75)/t31-,32-,33-,35-,36-,37?,38-,39-,40-,41-,42-,43?,48-,49?/m0/s1. The Labute approximate surface area is 641 Å². The molecular weight excluding hydrogens is 1490 g/mol. The van der Waals surface area contributed by atoms with Crippen LogP contribution in [0.5, 0.6) is 0 Å². The van der Waals surface area contributed by atoms with E-state index in [-0.39, 0.29) is 101 Å². The zero-order chi connectivity index (χ0) is 82.7. The van der Waals surface area contributed by atoms with Crippen LogP contribution in [0.4, 0.5) is 0 Å². The number of nitrogens with one attached hydrogen (secondary N) is 14. The average molecular weight is 1590 g/mol. The van der Waals surface area contributed by atoms with E-state index in [2.05, 4.69) is 89.4 Å². The van der Waals surface area contributed by atoms with Gasteiger partial charge in [-0.05, 0) is 62.8 Å². The highest BCUT2D eigenvalue weighted by atomic mass is 33.1. The van der Waals surface area contributed by atoms with Crippen molar-refractivity contribution in [2.24, 2.45) is 72.7 Å². The van der Waals surface area contributed by atoms with Crippen LogP contribution in [0, 0.1) is 11.8 Å². The number of carboxylic acid groups (broad SMARTS) is 1. The third kappa shape index (κ3) is 36.8. The molecule has 1 aliphatic heterocycles. The fourth-order valence-corrected chi connectivity index (χ4v) is 12.2. The van der Waals surface area contributed by atoms with Crippen molar-refractivity contribution in [1.82, 2.24) is 74.4 Å². The molecule has 33 N–H and O–H groups in total. The van der Waals surface area contributed by atoms with Gasteiger partial charge in [-0.1, -0.05) is 92.5 Å². The van der Waals surface area contributed by atoms with Crippen LogP contribution in [-0.4, -0.2) is 264 Å². The van der Waals surface area contributed by atoms with E-state index in [4.69, 9.17) is 45.9 Å². The van der Waals surface area contributed by atoms with Gasteiger partial charge in [0.25, 0.3) is 0 Å². The molecule has 1 fully saturated rings. The van der Waals surface area contributed by atoms with E-state index < -0.39 is 224 Å². The number of carbonyl (C=O) groups excluding carboxylic acids is 15. The van der Waals surface area contributed by atoms with Crippen LogP contribution >= 0.6 is 21.6 Å². The molecule has 44 nitrogen and oxygen atoms in total. The molecule has 1 aliphatic rings. The van der Waals surface area contributed by atoms with Gasteiger partial charge in [-0.3, -0.25) is 91.7 Å².